The molecule has 0 aromatic rings. The first-order chi connectivity index (χ1) is 50.9. The molecule has 17 nitrogen and oxygen atoms in total. The second kappa shape index (κ2) is 76.9. The minimum atomic E-state index is -4.97. The smallest absolute Gasteiger partial charge is 0.462 e. The molecule has 6 atom stereocenters. The molecule has 0 heterocycles. The number of phosphoric acid groups is 2. The van der Waals surface area contributed by atoms with Gasteiger partial charge in [-0.05, 0) is 63.2 Å². The predicted molar refractivity (Wildman–Crippen MR) is 432 cm³/mol. The lowest BCUT2D eigenvalue weighted by Gasteiger charge is -2.21. The molecule has 3 N–H and O–H groups in total. The molecule has 0 aliphatic heterocycles. The van der Waals surface area contributed by atoms with Gasteiger partial charge in [-0.2, -0.15) is 0 Å². The highest BCUT2D eigenvalue weighted by atomic mass is 31.2. The van der Waals surface area contributed by atoms with Gasteiger partial charge in [-0.25, -0.2) is 9.13 Å². The number of phosphoric ester groups is 2. The monoisotopic (exact) mass is 1530 g/mol. The quantitative estimate of drug-likeness (QED) is 0.0169. The summed E-state index contributed by atoms with van der Waals surface area (Å²) in [5.74, 6) is -0.539. The van der Waals surface area contributed by atoms with E-state index < -0.39 is 97.5 Å². The Morgan fingerprint density at radius 2 is 0.562 bits per heavy atom. The van der Waals surface area contributed by atoms with Crippen LogP contribution in [0.5, 0.6) is 0 Å². The van der Waals surface area contributed by atoms with Crippen molar-refractivity contribution in [2.24, 2.45) is 11.8 Å². The Bertz CT molecular complexity index is 2110. The fourth-order valence-corrected chi connectivity index (χ4v) is 14.4. The van der Waals surface area contributed by atoms with Crippen LogP contribution in [0.3, 0.4) is 0 Å². The molecule has 0 bridgehead atoms. The molecule has 0 amide bonds. The Kier molecular flexibility index (Phi) is 75.1. The minimum absolute atomic E-state index is 0.0849. The molecule has 620 valence electrons. The molecule has 0 aromatic heterocycles. The largest absolute Gasteiger partial charge is 0.472 e. The molecule has 0 spiro atoms. The zero-order valence-electron chi connectivity index (χ0n) is 68.5. The zero-order valence-corrected chi connectivity index (χ0v) is 70.3. The lowest BCUT2D eigenvalue weighted by atomic mass is 9.99. The number of hydrogen-bond acceptors (Lipinski definition) is 15. The van der Waals surface area contributed by atoms with Gasteiger partial charge in [-0.3, -0.25) is 37.3 Å². The van der Waals surface area contributed by atoms with Gasteiger partial charge in [-0.1, -0.05) is 380 Å². The van der Waals surface area contributed by atoms with E-state index in [0.717, 1.165) is 115 Å². The van der Waals surface area contributed by atoms with Crippen LogP contribution in [-0.2, 0) is 65.4 Å². The van der Waals surface area contributed by atoms with Crippen LogP contribution in [-0.4, -0.2) is 96.7 Å². The number of hydrogen-bond donors (Lipinski definition) is 3. The van der Waals surface area contributed by atoms with Crippen molar-refractivity contribution in [2.75, 3.05) is 39.6 Å². The third-order valence-electron chi connectivity index (χ3n) is 19.9. The maximum atomic E-state index is 13.1. The number of carbonyl (C=O) groups is 4. The second-order valence-corrected chi connectivity index (χ2v) is 33.9. The first kappa shape index (κ1) is 103. The highest BCUT2D eigenvalue weighted by Crippen LogP contribution is 2.45. The third-order valence-corrected chi connectivity index (χ3v) is 21.8. The highest BCUT2D eigenvalue weighted by Gasteiger charge is 2.30. The van der Waals surface area contributed by atoms with Crippen LogP contribution in [0.4, 0.5) is 0 Å². The number of allylic oxidation sites excluding steroid dienone is 4. The Hall–Kier alpha value is -2.46. The van der Waals surface area contributed by atoms with Crippen LogP contribution in [0, 0.1) is 11.8 Å². The third kappa shape index (κ3) is 78.0. The molecule has 0 aliphatic rings. The molecule has 0 rings (SSSR count). The van der Waals surface area contributed by atoms with E-state index >= 15 is 0 Å². The lowest BCUT2D eigenvalue weighted by molar-refractivity contribution is -0.161. The summed E-state index contributed by atoms with van der Waals surface area (Å²) < 4.78 is 68.9. The Morgan fingerprint density at radius 1 is 0.314 bits per heavy atom. The standard InChI is InChI=1S/C86H164O17P2/c1-7-10-12-14-16-18-20-22-24-27-32-35-39-43-50-56-62-68-83(88)96-74-81(102-85(90)71-65-59-53-45-41-37-33-29-26-25-28-31-34-38-42-48-54-60-66-78(4)5)76-100-104(92,93)98-72-80(87)73-99-105(94,95)101-77-82(75-97-84(89)69-63-57-51-47-46-49-55-61-67-79(6)9-3)103-86(91)70-64-58-52-44-40-36-30-23-21-19-17-15-13-11-8-2/h19,21,23,30,78-82,87H,7-18,20,22,24-29,31-77H2,1-6H3,(H,92,93)(H,94,95)/b21-19-,30-23-/t79?,80-,81-,82-/m1/s1. The number of unbranched alkanes of at least 4 members (excludes halogenated alkanes) is 49. The molecule has 0 aliphatic carbocycles. The topological polar surface area (TPSA) is 237 Å². The Balaban J connectivity index is 5.28. The van der Waals surface area contributed by atoms with Gasteiger partial charge in [0, 0.05) is 25.7 Å². The van der Waals surface area contributed by atoms with Gasteiger partial charge in [-0.15, -0.1) is 0 Å². The highest BCUT2D eigenvalue weighted by molar-refractivity contribution is 7.47. The van der Waals surface area contributed by atoms with Crippen LogP contribution in [0.1, 0.15) is 433 Å². The summed E-state index contributed by atoms with van der Waals surface area (Å²) in [4.78, 5) is 73.2. The summed E-state index contributed by atoms with van der Waals surface area (Å²) >= 11 is 0. The number of aliphatic hydroxyl groups excluding tert-OH is 1. The molecule has 0 aromatic carbocycles. The molecular weight excluding hydrogens is 1370 g/mol. The molecule has 105 heavy (non-hydrogen) atoms. The SMILES string of the molecule is CCCCCC/C=C\C=C/CCCCCCCC(=O)O[C@H](COC(=O)CCCCCCCCCCC(C)CC)COP(=O)(O)OC[C@H](O)COP(=O)(O)OC[C@@H](COC(=O)CCCCCCCCCCCCCCCCCCC)OC(=O)CCCCCCCCCCCCCCCCCCCCC(C)C. The summed E-state index contributed by atoms with van der Waals surface area (Å²) in [5.41, 5.74) is 0. The van der Waals surface area contributed by atoms with Crippen LogP contribution >= 0.6 is 15.6 Å². The van der Waals surface area contributed by atoms with Crippen molar-refractivity contribution in [1.82, 2.24) is 0 Å². The van der Waals surface area contributed by atoms with E-state index in [1.165, 1.54) is 238 Å². The number of carbonyl (C=O) groups excluding carboxylic acids is 4. The van der Waals surface area contributed by atoms with Crippen molar-refractivity contribution >= 4 is 39.5 Å². The van der Waals surface area contributed by atoms with Gasteiger partial charge >= 0.3 is 39.5 Å². The first-order valence-corrected chi connectivity index (χ1v) is 46.8. The number of aliphatic hydroxyl groups is 1. The summed E-state index contributed by atoms with van der Waals surface area (Å²) in [6, 6.07) is 0. The fraction of sp³-hybridized carbons (Fsp3) is 0.907. The maximum Gasteiger partial charge on any atom is 0.472 e. The molecule has 0 saturated heterocycles. The average Bonchev–Trinajstić information content (AvgIpc) is 0.907. The molecule has 0 saturated carbocycles. The molecular formula is C86H164O17P2. The molecule has 3 unspecified atom stereocenters. The summed E-state index contributed by atoms with van der Waals surface area (Å²) in [7, 11) is -9.94. The van der Waals surface area contributed by atoms with Crippen molar-refractivity contribution in [3.8, 4) is 0 Å². The Labute approximate surface area is 643 Å². The normalized spacial score (nSPS) is 14.2. The van der Waals surface area contributed by atoms with Gasteiger partial charge < -0.3 is 33.8 Å². The van der Waals surface area contributed by atoms with E-state index in [0.29, 0.717) is 25.7 Å². The average molecular weight is 1530 g/mol. The predicted octanol–water partition coefficient (Wildman–Crippen LogP) is 25.8. The number of esters is 4. The van der Waals surface area contributed by atoms with Gasteiger partial charge in [0.1, 0.15) is 19.3 Å². The summed E-state index contributed by atoms with van der Waals surface area (Å²) in [6.07, 6.45) is 71.6. The molecule has 0 fully saturated rings. The zero-order chi connectivity index (χ0) is 77.1. The summed E-state index contributed by atoms with van der Waals surface area (Å²) in [6.45, 7) is 9.64. The molecule has 19 heteroatoms. The van der Waals surface area contributed by atoms with Gasteiger partial charge in [0.15, 0.2) is 12.2 Å². The van der Waals surface area contributed by atoms with Crippen molar-refractivity contribution in [3.63, 3.8) is 0 Å². The lowest BCUT2D eigenvalue weighted by Crippen LogP contribution is -2.30. The van der Waals surface area contributed by atoms with Gasteiger partial charge in [0.05, 0.1) is 26.4 Å². The maximum absolute atomic E-state index is 13.1. The van der Waals surface area contributed by atoms with Crippen LogP contribution in [0.2, 0.25) is 0 Å². The van der Waals surface area contributed by atoms with E-state index in [1.807, 2.05) is 0 Å². The Morgan fingerprint density at radius 3 is 0.857 bits per heavy atom. The minimum Gasteiger partial charge on any atom is -0.462 e. The van der Waals surface area contributed by atoms with E-state index in [4.69, 9.17) is 37.0 Å². The van der Waals surface area contributed by atoms with Crippen LogP contribution in [0.25, 0.3) is 0 Å². The second-order valence-electron chi connectivity index (χ2n) is 31.0. The molecule has 0 radical (unpaired) electrons. The van der Waals surface area contributed by atoms with Crippen LogP contribution in [0.15, 0.2) is 24.3 Å². The van der Waals surface area contributed by atoms with Crippen molar-refractivity contribution in [3.05, 3.63) is 24.3 Å². The van der Waals surface area contributed by atoms with Crippen molar-refractivity contribution in [2.45, 2.75) is 452 Å². The van der Waals surface area contributed by atoms with Gasteiger partial charge in [0.25, 0.3) is 0 Å². The van der Waals surface area contributed by atoms with E-state index in [-0.39, 0.29) is 25.7 Å². The van der Waals surface area contributed by atoms with Crippen molar-refractivity contribution < 1.29 is 80.2 Å². The van der Waals surface area contributed by atoms with E-state index in [9.17, 15) is 43.2 Å². The van der Waals surface area contributed by atoms with Crippen molar-refractivity contribution in [1.29, 1.82) is 0 Å². The fourth-order valence-electron chi connectivity index (χ4n) is 12.8. The number of ether oxygens (including phenoxy) is 4. The van der Waals surface area contributed by atoms with Gasteiger partial charge in [0.2, 0.25) is 0 Å². The summed E-state index contributed by atoms with van der Waals surface area (Å²) in [5, 5.41) is 10.7. The van der Waals surface area contributed by atoms with Crippen LogP contribution < -0.4 is 0 Å². The number of rotatable bonds is 83. The van der Waals surface area contributed by atoms with E-state index in [1.54, 1.807) is 0 Å². The first-order valence-electron chi connectivity index (χ1n) is 43.8. The van der Waals surface area contributed by atoms with E-state index in [2.05, 4.69) is 65.8 Å².